The van der Waals surface area contributed by atoms with Crippen LogP contribution < -0.4 is 10.6 Å². The van der Waals surface area contributed by atoms with Crippen LogP contribution >= 0.6 is 0 Å². The molecule has 2 rings (SSSR count). The standard InChI is InChI=1S/C19H20N2O4/c1-13(20-19(25)15-10-6-3-7-11-15)18(24)21-16(12-17(22)23)14-8-4-2-5-9-14/h2-11,13,16H,12H2,1H3,(H,20,25)(H,21,24)(H,22,23)/t13-,16-/m1/s1. The normalized spacial score (nSPS) is 12.7. The lowest BCUT2D eigenvalue weighted by Crippen LogP contribution is -2.46. The van der Waals surface area contributed by atoms with E-state index in [0.717, 1.165) is 0 Å². The Morgan fingerprint density at radius 2 is 1.48 bits per heavy atom. The van der Waals surface area contributed by atoms with E-state index in [9.17, 15) is 14.4 Å². The molecule has 2 atom stereocenters. The number of hydrogen-bond acceptors (Lipinski definition) is 3. The molecule has 0 aromatic heterocycles. The van der Waals surface area contributed by atoms with Crippen LogP contribution in [-0.4, -0.2) is 28.9 Å². The van der Waals surface area contributed by atoms with Gasteiger partial charge in [0.25, 0.3) is 5.91 Å². The van der Waals surface area contributed by atoms with Gasteiger partial charge in [0.15, 0.2) is 0 Å². The number of aliphatic carboxylic acids is 1. The van der Waals surface area contributed by atoms with Gasteiger partial charge in [-0.1, -0.05) is 48.5 Å². The molecule has 6 nitrogen and oxygen atoms in total. The highest BCUT2D eigenvalue weighted by atomic mass is 16.4. The minimum absolute atomic E-state index is 0.241. The van der Waals surface area contributed by atoms with Crippen LogP contribution in [0.15, 0.2) is 60.7 Å². The van der Waals surface area contributed by atoms with Crippen molar-refractivity contribution in [3.63, 3.8) is 0 Å². The topological polar surface area (TPSA) is 95.5 Å². The Balaban J connectivity index is 2.02. The van der Waals surface area contributed by atoms with Gasteiger partial charge in [-0.05, 0) is 24.6 Å². The lowest BCUT2D eigenvalue weighted by Gasteiger charge is -2.21. The first-order chi connectivity index (χ1) is 12.0. The number of carboxylic acids is 1. The second-order valence-corrected chi connectivity index (χ2v) is 5.63. The summed E-state index contributed by atoms with van der Waals surface area (Å²) in [5.41, 5.74) is 1.15. The molecular formula is C19H20N2O4. The summed E-state index contributed by atoms with van der Waals surface area (Å²) in [6, 6.07) is 16.0. The van der Waals surface area contributed by atoms with Gasteiger partial charge in [-0.2, -0.15) is 0 Å². The van der Waals surface area contributed by atoms with Crippen molar-refractivity contribution in [2.24, 2.45) is 0 Å². The molecule has 0 radical (unpaired) electrons. The fourth-order valence-corrected chi connectivity index (χ4v) is 2.34. The van der Waals surface area contributed by atoms with Crippen molar-refractivity contribution >= 4 is 17.8 Å². The second-order valence-electron chi connectivity index (χ2n) is 5.63. The van der Waals surface area contributed by atoms with Crippen LogP contribution in [0.3, 0.4) is 0 Å². The van der Waals surface area contributed by atoms with Crippen molar-refractivity contribution < 1.29 is 19.5 Å². The van der Waals surface area contributed by atoms with E-state index in [-0.39, 0.29) is 12.3 Å². The van der Waals surface area contributed by atoms with Crippen LogP contribution in [0.25, 0.3) is 0 Å². The van der Waals surface area contributed by atoms with Gasteiger partial charge >= 0.3 is 5.97 Å². The van der Waals surface area contributed by atoms with Gasteiger partial charge in [-0.25, -0.2) is 0 Å². The fourth-order valence-electron chi connectivity index (χ4n) is 2.34. The largest absolute Gasteiger partial charge is 0.481 e. The number of nitrogens with one attached hydrogen (secondary N) is 2. The number of carbonyl (C=O) groups excluding carboxylic acids is 2. The quantitative estimate of drug-likeness (QED) is 0.719. The first kappa shape index (κ1) is 18.2. The average Bonchev–Trinajstić information content (AvgIpc) is 2.62. The highest BCUT2D eigenvalue weighted by molar-refractivity contribution is 5.97. The fraction of sp³-hybridized carbons (Fsp3) is 0.211. The second kappa shape index (κ2) is 8.63. The predicted octanol–water partition coefficient (Wildman–Crippen LogP) is 2.14. The number of benzene rings is 2. The molecule has 0 spiro atoms. The third-order valence-electron chi connectivity index (χ3n) is 3.67. The molecule has 25 heavy (non-hydrogen) atoms. The van der Waals surface area contributed by atoms with Crippen molar-refractivity contribution in [2.75, 3.05) is 0 Å². The van der Waals surface area contributed by atoms with Gasteiger partial charge in [-0.3, -0.25) is 14.4 Å². The summed E-state index contributed by atoms with van der Waals surface area (Å²) < 4.78 is 0. The van der Waals surface area contributed by atoms with E-state index in [1.54, 1.807) is 61.5 Å². The van der Waals surface area contributed by atoms with Crippen molar-refractivity contribution in [3.8, 4) is 0 Å². The Morgan fingerprint density at radius 1 is 0.920 bits per heavy atom. The highest BCUT2D eigenvalue weighted by Crippen LogP contribution is 2.16. The van der Waals surface area contributed by atoms with Gasteiger partial charge in [-0.15, -0.1) is 0 Å². The molecule has 3 N–H and O–H groups in total. The molecule has 0 fully saturated rings. The molecule has 0 aliphatic carbocycles. The van der Waals surface area contributed by atoms with E-state index in [4.69, 9.17) is 5.11 Å². The maximum absolute atomic E-state index is 12.4. The maximum Gasteiger partial charge on any atom is 0.305 e. The highest BCUT2D eigenvalue weighted by Gasteiger charge is 2.22. The molecule has 0 aliphatic heterocycles. The van der Waals surface area contributed by atoms with Gasteiger partial charge in [0.2, 0.25) is 5.91 Å². The Morgan fingerprint density at radius 3 is 2.04 bits per heavy atom. The van der Waals surface area contributed by atoms with Gasteiger partial charge in [0, 0.05) is 5.56 Å². The summed E-state index contributed by atoms with van der Waals surface area (Å²) in [4.78, 5) is 35.5. The summed E-state index contributed by atoms with van der Waals surface area (Å²) in [5, 5.41) is 14.4. The summed E-state index contributed by atoms with van der Waals surface area (Å²) in [6.45, 7) is 1.55. The molecular weight excluding hydrogens is 320 g/mol. The molecule has 2 aromatic carbocycles. The van der Waals surface area contributed by atoms with Gasteiger partial charge < -0.3 is 15.7 Å². The van der Waals surface area contributed by atoms with Crippen molar-refractivity contribution in [3.05, 3.63) is 71.8 Å². The lowest BCUT2D eigenvalue weighted by molar-refractivity contribution is -0.137. The summed E-state index contributed by atoms with van der Waals surface area (Å²) in [7, 11) is 0. The number of carboxylic acid groups (broad SMARTS) is 1. The van der Waals surface area contributed by atoms with E-state index < -0.39 is 24.0 Å². The van der Waals surface area contributed by atoms with Crippen LogP contribution in [0.4, 0.5) is 0 Å². The first-order valence-corrected chi connectivity index (χ1v) is 7.90. The van der Waals surface area contributed by atoms with Crippen LogP contribution in [0, 0.1) is 0 Å². The third kappa shape index (κ3) is 5.46. The van der Waals surface area contributed by atoms with Crippen molar-refractivity contribution in [1.82, 2.24) is 10.6 Å². The van der Waals surface area contributed by atoms with E-state index in [1.165, 1.54) is 0 Å². The summed E-state index contributed by atoms with van der Waals surface area (Å²) >= 11 is 0. The lowest BCUT2D eigenvalue weighted by atomic mass is 10.0. The maximum atomic E-state index is 12.4. The zero-order valence-corrected chi connectivity index (χ0v) is 13.8. The Hall–Kier alpha value is -3.15. The van der Waals surface area contributed by atoms with Crippen LogP contribution in [0.5, 0.6) is 0 Å². The third-order valence-corrected chi connectivity index (χ3v) is 3.67. The van der Waals surface area contributed by atoms with E-state index in [2.05, 4.69) is 10.6 Å². The summed E-state index contributed by atoms with van der Waals surface area (Å²) in [5.74, 6) is -1.83. The SMILES string of the molecule is C[C@@H](NC(=O)c1ccccc1)C(=O)N[C@H](CC(=O)O)c1ccccc1. The Kier molecular flexibility index (Phi) is 6.28. The zero-order chi connectivity index (χ0) is 18.2. The number of carbonyl (C=O) groups is 3. The summed E-state index contributed by atoms with van der Waals surface area (Å²) in [6.07, 6.45) is -0.241. The van der Waals surface area contributed by atoms with E-state index in [1.807, 2.05) is 6.07 Å². The van der Waals surface area contributed by atoms with E-state index in [0.29, 0.717) is 11.1 Å². The molecule has 0 heterocycles. The van der Waals surface area contributed by atoms with Gasteiger partial charge in [0.1, 0.15) is 6.04 Å². The molecule has 0 unspecified atom stereocenters. The minimum atomic E-state index is -1.02. The number of amides is 2. The molecule has 2 aromatic rings. The molecule has 0 aliphatic rings. The minimum Gasteiger partial charge on any atom is -0.481 e. The van der Waals surface area contributed by atoms with Crippen LogP contribution in [-0.2, 0) is 9.59 Å². The molecule has 0 saturated heterocycles. The average molecular weight is 340 g/mol. The zero-order valence-electron chi connectivity index (χ0n) is 13.8. The predicted molar refractivity (Wildman–Crippen MR) is 92.9 cm³/mol. The number of hydrogen-bond donors (Lipinski definition) is 3. The van der Waals surface area contributed by atoms with Crippen LogP contribution in [0.1, 0.15) is 35.3 Å². The van der Waals surface area contributed by atoms with Crippen LogP contribution in [0.2, 0.25) is 0 Å². The molecule has 2 amide bonds. The molecule has 0 saturated carbocycles. The monoisotopic (exact) mass is 340 g/mol. The molecule has 0 bridgehead atoms. The molecule has 130 valence electrons. The Labute approximate surface area is 145 Å². The Bertz CT molecular complexity index is 732. The first-order valence-electron chi connectivity index (χ1n) is 7.90. The van der Waals surface area contributed by atoms with Crippen molar-refractivity contribution in [1.29, 1.82) is 0 Å². The smallest absolute Gasteiger partial charge is 0.305 e. The van der Waals surface area contributed by atoms with Crippen molar-refractivity contribution in [2.45, 2.75) is 25.4 Å². The van der Waals surface area contributed by atoms with E-state index >= 15 is 0 Å². The number of rotatable bonds is 7. The molecule has 6 heteroatoms. The van der Waals surface area contributed by atoms with Gasteiger partial charge in [0.05, 0.1) is 12.5 Å².